The van der Waals surface area contributed by atoms with Crippen LogP contribution in [0.2, 0.25) is 5.02 Å². The number of anilines is 1. The maximum Gasteiger partial charge on any atom is 0.262 e. The van der Waals surface area contributed by atoms with Gasteiger partial charge in [-0.25, -0.2) is 9.56 Å². The minimum Gasteiger partial charge on any atom is -0.497 e. The van der Waals surface area contributed by atoms with Crippen molar-refractivity contribution in [2.45, 2.75) is 59.3 Å². The van der Waals surface area contributed by atoms with Crippen LogP contribution in [-0.2, 0) is 41.4 Å². The fourth-order valence-electron chi connectivity index (χ4n) is 8.18. The second kappa shape index (κ2) is 23.0. The Balaban J connectivity index is 0.762. The number of halogens is 1. The van der Waals surface area contributed by atoms with Gasteiger partial charge in [0.2, 0.25) is 11.3 Å². The van der Waals surface area contributed by atoms with Gasteiger partial charge in [-0.1, -0.05) is 23.8 Å². The lowest BCUT2D eigenvalue weighted by atomic mass is 9.94. The molecule has 1 amide bonds. The fourth-order valence-corrected chi connectivity index (χ4v) is 8.31. The van der Waals surface area contributed by atoms with Crippen LogP contribution >= 0.6 is 11.6 Å². The largest absolute Gasteiger partial charge is 0.497 e. The number of aromatic nitrogens is 2. The van der Waals surface area contributed by atoms with E-state index in [0.29, 0.717) is 92.3 Å². The molecule has 1 N–H and O–H groups in total. The molecule has 65 heavy (non-hydrogen) atoms. The molecule has 1 aromatic heterocycles. The topological polar surface area (TPSA) is 143 Å². The minimum atomic E-state index is -0.193. The Kier molecular flexibility index (Phi) is 16.7. The molecule has 3 aromatic carbocycles. The maximum atomic E-state index is 13.6. The summed E-state index contributed by atoms with van der Waals surface area (Å²) >= 11 is 6.05. The van der Waals surface area contributed by atoms with Crippen molar-refractivity contribution in [3.8, 4) is 17.2 Å². The van der Waals surface area contributed by atoms with Crippen LogP contribution in [0, 0.1) is 6.92 Å². The monoisotopic (exact) mass is 905 g/mol. The van der Waals surface area contributed by atoms with E-state index in [1.807, 2.05) is 43.3 Å². The summed E-state index contributed by atoms with van der Waals surface area (Å²) in [4.78, 5) is 44.7. The first-order valence-corrected chi connectivity index (χ1v) is 22.8. The van der Waals surface area contributed by atoms with E-state index in [0.717, 1.165) is 76.0 Å². The van der Waals surface area contributed by atoms with E-state index >= 15 is 0 Å². The van der Waals surface area contributed by atoms with Gasteiger partial charge in [0.25, 0.3) is 5.91 Å². The predicted octanol–water partition coefficient (Wildman–Crippen LogP) is 8.30. The molecule has 0 unspecified atom stereocenters. The SMILES string of the molecule is CC[N+](CC)=c1ccc2nc3c4c(c(NC(=O)CCOCCOCCOCCOCCCC(=O)Cc5c(C)n(C(=O)c6ccc(Cl)cc6)c6ccc(OC)cc56)cc3oc-2c1)CCC=C4. The molecule has 0 saturated heterocycles. The van der Waals surface area contributed by atoms with Crippen molar-refractivity contribution in [3.05, 3.63) is 111 Å². The van der Waals surface area contributed by atoms with E-state index in [-0.39, 0.29) is 37.0 Å². The quantitative estimate of drug-likeness (QED) is 0.0379. The van der Waals surface area contributed by atoms with Gasteiger partial charge in [-0.2, -0.15) is 0 Å². The Morgan fingerprint density at radius 3 is 2.26 bits per heavy atom. The van der Waals surface area contributed by atoms with Gasteiger partial charge in [-0.3, -0.25) is 19.0 Å². The molecule has 0 spiro atoms. The summed E-state index contributed by atoms with van der Waals surface area (Å²) in [6.45, 7) is 11.0. The standard InChI is InChI=1S/C51H57ClN4O9/c1-5-55(6-2)37-17-19-44-47(30-37)65-48-33-45(40-11-7-8-12-41(40)50(48)54-44)53-49(58)21-23-62-25-27-64-29-28-63-26-24-61-22-9-10-38(57)31-42-34(3)56(46-20-18-39(60-4)32-43(42)46)51(59)35-13-15-36(52)16-14-35/h8,12-20,30,32-33H,5-7,9-11,21-29,31H2,1-4H3/p+1. The third-order valence-corrected chi connectivity index (χ3v) is 11.9. The second-order valence-corrected chi connectivity index (χ2v) is 16.2. The first-order valence-electron chi connectivity index (χ1n) is 22.4. The Bertz CT molecular complexity index is 2700. The Morgan fingerprint density at radius 1 is 0.846 bits per heavy atom. The van der Waals surface area contributed by atoms with Gasteiger partial charge in [0.1, 0.15) is 35.8 Å². The number of carbonyl (C=O) groups excluding carboxylic acids is 3. The number of Topliss-reactive ketones (excluding diaryl/α,β-unsaturated/α-hetero) is 1. The molecule has 342 valence electrons. The van der Waals surface area contributed by atoms with Crippen LogP contribution in [0.4, 0.5) is 5.69 Å². The highest BCUT2D eigenvalue weighted by Gasteiger charge is 2.23. The highest BCUT2D eigenvalue weighted by molar-refractivity contribution is 6.30. The number of ether oxygens (including phenoxy) is 5. The number of nitrogens with zero attached hydrogens (tertiary/aromatic N) is 3. The van der Waals surface area contributed by atoms with Crippen LogP contribution < -0.4 is 20.0 Å². The number of fused-ring (bicyclic) bond motifs is 5. The summed E-state index contributed by atoms with van der Waals surface area (Å²) in [5.74, 6) is 1.08. The molecule has 2 heterocycles. The number of amides is 1. The van der Waals surface area contributed by atoms with Gasteiger partial charge in [-0.15, -0.1) is 0 Å². The van der Waals surface area contributed by atoms with Crippen molar-refractivity contribution >= 4 is 63.0 Å². The van der Waals surface area contributed by atoms with Crippen LogP contribution in [-0.4, -0.2) is 100 Å². The summed E-state index contributed by atoms with van der Waals surface area (Å²) in [5, 5.41) is 5.54. The molecule has 1 aliphatic heterocycles. The van der Waals surface area contributed by atoms with Crippen molar-refractivity contribution < 1.29 is 42.5 Å². The van der Waals surface area contributed by atoms with Gasteiger partial charge in [0, 0.05) is 64.5 Å². The summed E-state index contributed by atoms with van der Waals surface area (Å²) in [6.07, 6.45) is 7.21. The number of hydrogen-bond acceptors (Lipinski definition) is 10. The molecular formula is C51H58ClN4O9+. The molecule has 0 saturated carbocycles. The minimum absolute atomic E-state index is 0.0588. The van der Waals surface area contributed by atoms with E-state index < -0.39 is 0 Å². The fraction of sp³-hybridized carbons (Fsp3) is 0.392. The average Bonchev–Trinajstić information content (AvgIpc) is 3.59. The molecule has 13 nitrogen and oxygen atoms in total. The van der Waals surface area contributed by atoms with Crippen molar-refractivity contribution in [2.24, 2.45) is 0 Å². The van der Waals surface area contributed by atoms with Crippen LogP contribution in [0.25, 0.3) is 39.5 Å². The molecule has 2 aliphatic carbocycles. The Morgan fingerprint density at radius 2 is 1.55 bits per heavy atom. The van der Waals surface area contributed by atoms with Crippen molar-refractivity contribution in [3.63, 3.8) is 0 Å². The summed E-state index contributed by atoms with van der Waals surface area (Å²) in [6, 6.07) is 20.3. The Labute approximate surface area is 384 Å². The smallest absolute Gasteiger partial charge is 0.262 e. The molecule has 0 bridgehead atoms. The zero-order valence-electron chi connectivity index (χ0n) is 37.7. The Hall–Kier alpha value is -5.70. The number of nitrogens with one attached hydrogen (secondary N) is 1. The zero-order valence-corrected chi connectivity index (χ0v) is 38.5. The average molecular weight is 906 g/mol. The third-order valence-electron chi connectivity index (χ3n) is 11.6. The van der Waals surface area contributed by atoms with Crippen LogP contribution in [0.1, 0.15) is 72.3 Å². The highest BCUT2D eigenvalue weighted by atomic mass is 35.5. The lowest BCUT2D eigenvalue weighted by molar-refractivity contribution is -0.119. The first-order chi connectivity index (χ1) is 31.7. The number of benzene rings is 4. The van der Waals surface area contributed by atoms with Crippen molar-refractivity contribution in [1.29, 1.82) is 0 Å². The molecule has 0 fully saturated rings. The zero-order chi connectivity index (χ0) is 45.7. The number of carbonyl (C=O) groups is 3. The first kappa shape index (κ1) is 47.3. The van der Waals surface area contributed by atoms with Crippen molar-refractivity contribution in [1.82, 2.24) is 14.1 Å². The van der Waals surface area contributed by atoms with Gasteiger partial charge in [0.15, 0.2) is 11.3 Å². The van der Waals surface area contributed by atoms with Gasteiger partial charge in [0.05, 0.1) is 71.4 Å². The number of ketones is 1. The highest BCUT2D eigenvalue weighted by Crippen LogP contribution is 2.36. The molecule has 14 heteroatoms. The summed E-state index contributed by atoms with van der Waals surface area (Å²) in [5.41, 5.74) is 7.73. The van der Waals surface area contributed by atoms with Gasteiger partial charge < -0.3 is 33.4 Å². The van der Waals surface area contributed by atoms with Crippen molar-refractivity contribution in [2.75, 3.05) is 78.4 Å². The molecular weight excluding hydrogens is 848 g/mol. The second-order valence-electron chi connectivity index (χ2n) is 15.8. The lowest BCUT2D eigenvalue weighted by Gasteiger charge is -2.19. The molecule has 0 radical (unpaired) electrons. The van der Waals surface area contributed by atoms with E-state index in [1.54, 1.807) is 35.9 Å². The number of allylic oxidation sites excluding steroid dienone is 1. The van der Waals surface area contributed by atoms with E-state index in [2.05, 4.69) is 42.0 Å². The molecule has 4 aromatic rings. The van der Waals surface area contributed by atoms with E-state index in [4.69, 9.17) is 44.7 Å². The van der Waals surface area contributed by atoms with Crippen LogP contribution in [0.15, 0.2) is 77.2 Å². The maximum absolute atomic E-state index is 13.6. The lowest BCUT2D eigenvalue weighted by Crippen LogP contribution is -2.29. The summed E-state index contributed by atoms with van der Waals surface area (Å²) in [7, 11) is 1.59. The van der Waals surface area contributed by atoms with E-state index in [1.165, 1.54) is 0 Å². The van der Waals surface area contributed by atoms with Crippen LogP contribution in [0.5, 0.6) is 5.75 Å². The number of rotatable bonds is 23. The molecule has 3 aliphatic rings. The number of methoxy groups -OCH3 is 1. The van der Waals surface area contributed by atoms with Gasteiger partial charge >= 0.3 is 0 Å². The van der Waals surface area contributed by atoms with Crippen LogP contribution in [0.3, 0.4) is 0 Å². The van der Waals surface area contributed by atoms with E-state index in [9.17, 15) is 14.4 Å². The normalized spacial score (nSPS) is 12.3. The number of hydrogen-bond donors (Lipinski definition) is 1. The predicted molar refractivity (Wildman–Crippen MR) is 253 cm³/mol. The molecule has 7 rings (SSSR count). The van der Waals surface area contributed by atoms with Gasteiger partial charge in [-0.05, 0) is 99.7 Å². The third kappa shape index (κ3) is 11.8. The summed E-state index contributed by atoms with van der Waals surface area (Å²) < 4.78 is 38.4. The molecule has 0 atom stereocenters.